The van der Waals surface area contributed by atoms with Crippen molar-refractivity contribution >= 4 is 11.3 Å². The summed E-state index contributed by atoms with van der Waals surface area (Å²) in [5, 5.41) is -0.214. The van der Waals surface area contributed by atoms with Crippen LogP contribution >= 0.6 is 11.3 Å². The zero-order chi connectivity index (χ0) is 21.3. The molecule has 0 spiro atoms. The first-order chi connectivity index (χ1) is 13.6. The molecular formula is C23H31F3N2S. The number of halogens is 3. The van der Waals surface area contributed by atoms with Gasteiger partial charge in [0, 0.05) is 41.7 Å². The monoisotopic (exact) mass is 424 g/mol. The maximum atomic E-state index is 14.5. The zero-order valence-electron chi connectivity index (χ0n) is 17.8. The van der Waals surface area contributed by atoms with Gasteiger partial charge in [-0.15, -0.1) is 11.3 Å². The Bertz CT molecular complexity index is 816. The summed E-state index contributed by atoms with van der Waals surface area (Å²) in [7, 11) is 0. The van der Waals surface area contributed by atoms with Crippen LogP contribution in [0.3, 0.4) is 0 Å². The Morgan fingerprint density at radius 2 is 1.97 bits per heavy atom. The number of nitrogens with zero attached hydrogens (tertiary/aromatic N) is 2. The van der Waals surface area contributed by atoms with Crippen LogP contribution in [0.4, 0.5) is 13.2 Å². The first-order valence-corrected chi connectivity index (χ1v) is 11.2. The van der Waals surface area contributed by atoms with Crippen molar-refractivity contribution < 1.29 is 13.2 Å². The van der Waals surface area contributed by atoms with Crippen LogP contribution in [0.25, 0.3) is 0 Å². The summed E-state index contributed by atoms with van der Waals surface area (Å²) in [6.07, 6.45) is 3.68. The largest absolute Gasteiger partial charge is 0.294 e. The summed E-state index contributed by atoms with van der Waals surface area (Å²) in [6.45, 7) is 9.19. The predicted octanol–water partition coefficient (Wildman–Crippen LogP) is 6.59. The van der Waals surface area contributed by atoms with E-state index in [2.05, 4.69) is 29.8 Å². The third kappa shape index (κ3) is 5.21. The van der Waals surface area contributed by atoms with Gasteiger partial charge in [-0.25, -0.2) is 8.78 Å². The first-order valence-electron chi connectivity index (χ1n) is 10.4. The van der Waals surface area contributed by atoms with Crippen LogP contribution < -0.4 is 0 Å². The van der Waals surface area contributed by atoms with Gasteiger partial charge in [0.05, 0.1) is 0 Å². The molecule has 0 aromatic carbocycles. The molecule has 6 heteroatoms. The van der Waals surface area contributed by atoms with Crippen molar-refractivity contribution in [1.29, 1.82) is 0 Å². The van der Waals surface area contributed by atoms with Crippen molar-refractivity contribution in [2.45, 2.75) is 71.3 Å². The van der Waals surface area contributed by atoms with Crippen LogP contribution in [-0.2, 0) is 12.0 Å². The molecule has 0 radical (unpaired) electrons. The van der Waals surface area contributed by atoms with Gasteiger partial charge in [0.2, 0.25) is 5.92 Å². The van der Waals surface area contributed by atoms with Crippen molar-refractivity contribution in [2.24, 2.45) is 5.41 Å². The van der Waals surface area contributed by atoms with E-state index >= 15 is 0 Å². The highest BCUT2D eigenvalue weighted by Gasteiger charge is 2.48. The molecule has 0 aliphatic carbocycles. The summed E-state index contributed by atoms with van der Waals surface area (Å²) in [5.74, 6) is -2.67. The molecule has 29 heavy (non-hydrogen) atoms. The van der Waals surface area contributed by atoms with E-state index in [-0.39, 0.29) is 23.5 Å². The minimum atomic E-state index is -2.67. The van der Waals surface area contributed by atoms with E-state index in [1.807, 2.05) is 19.2 Å². The molecule has 2 aromatic rings. The zero-order valence-corrected chi connectivity index (χ0v) is 18.6. The van der Waals surface area contributed by atoms with Crippen LogP contribution in [0.5, 0.6) is 0 Å². The second-order valence-electron chi connectivity index (χ2n) is 9.01. The van der Waals surface area contributed by atoms with Crippen molar-refractivity contribution in [1.82, 2.24) is 9.88 Å². The number of pyridine rings is 1. The Morgan fingerprint density at radius 3 is 2.55 bits per heavy atom. The van der Waals surface area contributed by atoms with E-state index < -0.39 is 11.3 Å². The number of hydrogen-bond donors (Lipinski definition) is 0. The molecule has 2 aromatic heterocycles. The van der Waals surface area contributed by atoms with E-state index in [9.17, 15) is 13.2 Å². The predicted molar refractivity (Wildman–Crippen MR) is 113 cm³/mol. The lowest BCUT2D eigenvalue weighted by atomic mass is 9.76. The minimum Gasteiger partial charge on any atom is -0.294 e. The lowest BCUT2D eigenvalue weighted by Crippen LogP contribution is -2.42. The number of alkyl halides is 2. The van der Waals surface area contributed by atoms with Gasteiger partial charge < -0.3 is 0 Å². The number of aromatic nitrogens is 1. The van der Waals surface area contributed by atoms with Crippen LogP contribution in [0.15, 0.2) is 30.5 Å². The molecule has 2 nitrogen and oxygen atoms in total. The van der Waals surface area contributed by atoms with Gasteiger partial charge in [0.15, 0.2) is 5.13 Å². The normalized spacial score (nSPS) is 21.1. The second kappa shape index (κ2) is 8.38. The molecule has 1 unspecified atom stereocenters. The van der Waals surface area contributed by atoms with Crippen LogP contribution in [0, 0.1) is 17.5 Å². The number of likely N-dealkylation sites (tertiary alicyclic amines) is 1. The smallest absolute Gasteiger partial charge is 0.248 e. The molecule has 0 bridgehead atoms. The van der Waals surface area contributed by atoms with Crippen LogP contribution in [-0.4, -0.2) is 28.9 Å². The van der Waals surface area contributed by atoms with Crippen molar-refractivity contribution in [2.75, 3.05) is 13.1 Å². The highest BCUT2D eigenvalue weighted by atomic mass is 32.1. The van der Waals surface area contributed by atoms with E-state index in [0.717, 1.165) is 40.4 Å². The van der Waals surface area contributed by atoms with E-state index in [4.69, 9.17) is 0 Å². The molecule has 3 heterocycles. The second-order valence-corrected chi connectivity index (χ2v) is 10.1. The van der Waals surface area contributed by atoms with Gasteiger partial charge in [-0.3, -0.25) is 9.88 Å². The number of hydrogen-bond acceptors (Lipinski definition) is 3. The quantitative estimate of drug-likeness (QED) is 0.475. The molecule has 1 atom stereocenters. The summed E-state index contributed by atoms with van der Waals surface area (Å²) in [5.41, 5.74) is 1.32. The van der Waals surface area contributed by atoms with Crippen LogP contribution in [0.1, 0.15) is 62.6 Å². The summed E-state index contributed by atoms with van der Waals surface area (Å²) >= 11 is 1.12. The molecule has 0 saturated carbocycles. The lowest BCUT2D eigenvalue weighted by Gasteiger charge is -2.39. The molecule has 1 fully saturated rings. The average Bonchev–Trinajstić information content (AvgIpc) is 3.27. The Kier molecular flexibility index (Phi) is 6.44. The fraction of sp³-hybridized carbons (Fsp3) is 0.609. The molecule has 1 aliphatic rings. The fourth-order valence-corrected chi connectivity index (χ4v) is 5.14. The van der Waals surface area contributed by atoms with Gasteiger partial charge in [0.1, 0.15) is 0 Å². The SMILES string of the molecule is CCC(F)(F)CC1(CCc2ccc(F)s2)CCN(C(C)(C)c2ccc(C)nc2)C1. The van der Waals surface area contributed by atoms with Crippen LogP contribution in [0.2, 0.25) is 0 Å². The molecule has 3 rings (SSSR count). The number of rotatable bonds is 8. The van der Waals surface area contributed by atoms with Crippen molar-refractivity contribution in [3.05, 3.63) is 51.7 Å². The number of aryl methyl sites for hydroxylation is 2. The third-order valence-corrected chi connectivity index (χ3v) is 7.46. The average molecular weight is 425 g/mol. The summed E-state index contributed by atoms with van der Waals surface area (Å²) in [4.78, 5) is 7.68. The van der Waals surface area contributed by atoms with Gasteiger partial charge in [-0.1, -0.05) is 13.0 Å². The summed E-state index contributed by atoms with van der Waals surface area (Å²) in [6, 6.07) is 7.32. The molecule has 1 aliphatic heterocycles. The Morgan fingerprint density at radius 1 is 1.21 bits per heavy atom. The third-order valence-electron chi connectivity index (χ3n) is 6.53. The first kappa shape index (κ1) is 22.3. The molecule has 0 N–H and O–H groups in total. The summed E-state index contributed by atoms with van der Waals surface area (Å²) < 4.78 is 42.3. The van der Waals surface area contributed by atoms with Gasteiger partial charge in [-0.2, -0.15) is 4.39 Å². The standard InChI is InChI=1S/C23H31F3N2S/c1-5-23(25,26)15-22(11-10-19-8-9-20(24)29-19)12-13-28(16-22)21(3,4)18-7-6-17(2)27-14-18/h6-9,14H,5,10-13,15-16H2,1-4H3. The number of thiophene rings is 1. The Labute approximate surface area is 176 Å². The van der Waals surface area contributed by atoms with Gasteiger partial charge in [0.25, 0.3) is 0 Å². The van der Waals surface area contributed by atoms with E-state index in [1.54, 1.807) is 13.0 Å². The fourth-order valence-electron chi connectivity index (χ4n) is 4.41. The van der Waals surface area contributed by atoms with Crippen molar-refractivity contribution in [3.8, 4) is 0 Å². The molecule has 0 amide bonds. The Balaban J connectivity index is 1.80. The minimum absolute atomic E-state index is 0.108. The maximum Gasteiger partial charge on any atom is 0.248 e. The maximum absolute atomic E-state index is 14.5. The van der Waals surface area contributed by atoms with Crippen molar-refractivity contribution in [3.63, 3.8) is 0 Å². The molecule has 160 valence electrons. The Hall–Kier alpha value is -1.40. The van der Waals surface area contributed by atoms with Gasteiger partial charge in [-0.05, 0) is 75.8 Å². The lowest BCUT2D eigenvalue weighted by molar-refractivity contribution is -0.0519. The van der Waals surface area contributed by atoms with E-state index in [0.29, 0.717) is 19.4 Å². The van der Waals surface area contributed by atoms with Gasteiger partial charge >= 0.3 is 0 Å². The molecule has 1 saturated heterocycles. The highest BCUT2D eigenvalue weighted by molar-refractivity contribution is 7.10. The van der Waals surface area contributed by atoms with E-state index in [1.165, 1.54) is 6.07 Å². The molecular weight excluding hydrogens is 393 g/mol. The topological polar surface area (TPSA) is 16.1 Å². The highest BCUT2D eigenvalue weighted by Crippen LogP contribution is 2.47.